The Morgan fingerprint density at radius 3 is 2.33 bits per heavy atom. The summed E-state index contributed by atoms with van der Waals surface area (Å²) < 4.78 is 4.96. The van der Waals surface area contributed by atoms with E-state index in [1.165, 1.54) is 6.92 Å². The van der Waals surface area contributed by atoms with E-state index in [1.807, 2.05) is 0 Å². The third-order valence-electron chi connectivity index (χ3n) is 3.69. The van der Waals surface area contributed by atoms with Crippen LogP contribution in [0.5, 0.6) is 17.2 Å². The van der Waals surface area contributed by atoms with Gasteiger partial charge in [-0.05, 0) is 24.6 Å². The minimum atomic E-state index is -1.56. The Hall–Kier alpha value is -2.78. The van der Waals surface area contributed by atoms with Crippen molar-refractivity contribution in [2.24, 2.45) is 0 Å². The number of carboxylic acid groups (broad SMARTS) is 1. The third kappa shape index (κ3) is 3.12. The molecule has 0 saturated heterocycles. The number of hydrogen-bond acceptors (Lipinski definition) is 8. The van der Waals surface area contributed by atoms with Gasteiger partial charge >= 0.3 is 11.9 Å². The summed E-state index contributed by atoms with van der Waals surface area (Å²) in [7, 11) is 0. The van der Waals surface area contributed by atoms with Crippen molar-refractivity contribution < 1.29 is 45.0 Å². The first kappa shape index (κ1) is 17.6. The Kier molecular flexibility index (Phi) is 4.67. The molecule has 0 spiro atoms. The van der Waals surface area contributed by atoms with E-state index in [0.29, 0.717) is 0 Å². The lowest BCUT2D eigenvalue weighted by Crippen LogP contribution is -2.44. The summed E-state index contributed by atoms with van der Waals surface area (Å²) in [6.07, 6.45) is -3.86. The second kappa shape index (κ2) is 6.38. The summed E-state index contributed by atoms with van der Waals surface area (Å²) >= 11 is 0. The smallest absolute Gasteiger partial charge is 0.342 e. The van der Waals surface area contributed by atoms with Gasteiger partial charge in [0, 0.05) is 12.0 Å². The zero-order chi connectivity index (χ0) is 18.2. The van der Waals surface area contributed by atoms with Gasteiger partial charge in [0.05, 0.1) is 6.10 Å². The second-order valence-electron chi connectivity index (χ2n) is 5.41. The monoisotopic (exact) mass is 340 g/mol. The van der Waals surface area contributed by atoms with Crippen molar-refractivity contribution in [2.45, 2.75) is 31.7 Å². The topological polar surface area (TPSA) is 165 Å². The molecule has 1 aliphatic carbocycles. The van der Waals surface area contributed by atoms with Gasteiger partial charge in [0.2, 0.25) is 5.75 Å². The summed E-state index contributed by atoms with van der Waals surface area (Å²) in [6, 6.07) is 1.03. The van der Waals surface area contributed by atoms with Crippen LogP contribution in [0.25, 0.3) is 0 Å². The van der Waals surface area contributed by atoms with Crippen molar-refractivity contribution in [3.63, 3.8) is 0 Å². The molecular formula is C15H16O9. The molecule has 130 valence electrons. The van der Waals surface area contributed by atoms with Crippen molar-refractivity contribution in [1.29, 1.82) is 0 Å². The highest BCUT2D eigenvalue weighted by Crippen LogP contribution is 2.40. The first-order chi connectivity index (χ1) is 11.1. The Bertz CT molecular complexity index is 722. The van der Waals surface area contributed by atoms with Gasteiger partial charge in [0.15, 0.2) is 17.6 Å². The molecule has 0 aromatic heterocycles. The largest absolute Gasteiger partial charge is 0.504 e. The van der Waals surface area contributed by atoms with E-state index < -0.39 is 53.1 Å². The fourth-order valence-corrected chi connectivity index (χ4v) is 2.46. The van der Waals surface area contributed by atoms with Crippen molar-refractivity contribution in [1.82, 2.24) is 0 Å². The van der Waals surface area contributed by atoms with E-state index in [-0.39, 0.29) is 17.6 Å². The summed E-state index contributed by atoms with van der Waals surface area (Å²) in [6.45, 7) is 1.37. The third-order valence-corrected chi connectivity index (χ3v) is 3.69. The molecule has 1 aliphatic rings. The highest BCUT2D eigenvalue weighted by atomic mass is 16.6. The highest BCUT2D eigenvalue weighted by molar-refractivity contribution is 5.96. The average molecular weight is 340 g/mol. The molecule has 0 saturated carbocycles. The maximum Gasteiger partial charge on any atom is 0.342 e. The Morgan fingerprint density at radius 1 is 1.17 bits per heavy atom. The van der Waals surface area contributed by atoms with Crippen LogP contribution in [0.3, 0.4) is 0 Å². The molecular weight excluding hydrogens is 324 g/mol. The molecule has 1 aromatic carbocycles. The maximum atomic E-state index is 12.2. The zero-order valence-electron chi connectivity index (χ0n) is 12.5. The van der Waals surface area contributed by atoms with Gasteiger partial charge in [-0.15, -0.1) is 0 Å². The number of aromatic hydroxyl groups is 3. The Labute approximate surface area is 135 Å². The second-order valence-corrected chi connectivity index (χ2v) is 5.41. The van der Waals surface area contributed by atoms with Crippen molar-refractivity contribution in [3.8, 4) is 17.2 Å². The van der Waals surface area contributed by atoms with Crippen LogP contribution in [0, 0.1) is 6.92 Å². The molecule has 3 atom stereocenters. The standard InChI is InChI=1S/C15H16O9/c1-5-2-7(16)11(19)12(20)10(5)15(23)24-13-8(17)3-6(14(21)22)4-9(13)18/h2-3,8-9,13,16-20H,4H2,1H3,(H,21,22). The molecule has 1 aromatic rings. The molecule has 9 nitrogen and oxygen atoms in total. The van der Waals surface area contributed by atoms with Crippen LogP contribution < -0.4 is 0 Å². The predicted octanol–water partition coefficient (Wildman–Crippen LogP) is -0.226. The van der Waals surface area contributed by atoms with E-state index in [0.717, 1.165) is 12.1 Å². The van der Waals surface area contributed by atoms with Crippen LogP contribution in [0.15, 0.2) is 17.7 Å². The number of rotatable bonds is 3. The number of esters is 1. The number of carbonyl (C=O) groups excluding carboxylic acids is 1. The maximum absolute atomic E-state index is 12.2. The molecule has 3 unspecified atom stereocenters. The molecule has 0 heterocycles. The number of phenols is 3. The first-order valence-corrected chi connectivity index (χ1v) is 6.89. The van der Waals surface area contributed by atoms with Gasteiger partial charge in [-0.2, -0.15) is 0 Å². The molecule has 9 heteroatoms. The lowest BCUT2D eigenvalue weighted by Gasteiger charge is -2.30. The van der Waals surface area contributed by atoms with E-state index in [4.69, 9.17) is 9.84 Å². The molecule has 2 rings (SSSR count). The number of carboxylic acids is 1. The van der Waals surface area contributed by atoms with E-state index in [2.05, 4.69) is 0 Å². The number of aliphatic carboxylic acids is 1. The number of aliphatic hydroxyl groups is 2. The molecule has 0 bridgehead atoms. The van der Waals surface area contributed by atoms with Crippen LogP contribution >= 0.6 is 0 Å². The van der Waals surface area contributed by atoms with Crippen LogP contribution in [0.1, 0.15) is 22.3 Å². The van der Waals surface area contributed by atoms with Crippen molar-refractivity contribution in [2.75, 3.05) is 0 Å². The number of phenolic OH excluding ortho intramolecular Hbond substituents is 3. The fraction of sp³-hybridized carbons (Fsp3) is 0.333. The number of ether oxygens (including phenoxy) is 1. The van der Waals surface area contributed by atoms with Gasteiger partial charge in [0.1, 0.15) is 11.7 Å². The molecule has 0 radical (unpaired) electrons. The van der Waals surface area contributed by atoms with E-state index in [9.17, 15) is 35.1 Å². The van der Waals surface area contributed by atoms with Gasteiger partial charge in [-0.25, -0.2) is 9.59 Å². The summed E-state index contributed by atoms with van der Waals surface area (Å²) in [4.78, 5) is 23.1. The fourth-order valence-electron chi connectivity index (χ4n) is 2.46. The van der Waals surface area contributed by atoms with Crippen molar-refractivity contribution in [3.05, 3.63) is 28.8 Å². The quantitative estimate of drug-likeness (QED) is 0.322. The summed E-state index contributed by atoms with van der Waals surface area (Å²) in [5.41, 5.74) is -0.573. The summed E-state index contributed by atoms with van der Waals surface area (Å²) in [5, 5.41) is 57.3. The van der Waals surface area contributed by atoms with Crippen molar-refractivity contribution >= 4 is 11.9 Å². The average Bonchev–Trinajstić information content (AvgIpc) is 2.48. The van der Waals surface area contributed by atoms with Crippen LogP contribution in [0.2, 0.25) is 0 Å². The number of aryl methyl sites for hydroxylation is 1. The lowest BCUT2D eigenvalue weighted by molar-refractivity contribution is -0.134. The molecule has 24 heavy (non-hydrogen) atoms. The number of aliphatic hydroxyl groups excluding tert-OH is 2. The SMILES string of the molecule is Cc1cc(O)c(O)c(O)c1C(=O)OC1C(O)C=C(C(=O)O)CC1O. The van der Waals surface area contributed by atoms with Gasteiger partial charge < -0.3 is 35.4 Å². The van der Waals surface area contributed by atoms with Crippen LogP contribution in [-0.4, -0.2) is 60.9 Å². The minimum Gasteiger partial charge on any atom is -0.504 e. The Balaban J connectivity index is 2.28. The number of benzene rings is 1. The van der Waals surface area contributed by atoms with Gasteiger partial charge in [0.25, 0.3) is 0 Å². The molecule has 0 amide bonds. The molecule has 0 fully saturated rings. The first-order valence-electron chi connectivity index (χ1n) is 6.89. The normalized spacial score (nSPS) is 23.5. The van der Waals surface area contributed by atoms with Gasteiger partial charge in [-0.1, -0.05) is 0 Å². The summed E-state index contributed by atoms with van der Waals surface area (Å²) in [5.74, 6) is -4.91. The predicted molar refractivity (Wildman–Crippen MR) is 77.7 cm³/mol. The van der Waals surface area contributed by atoms with E-state index in [1.54, 1.807) is 0 Å². The van der Waals surface area contributed by atoms with Gasteiger partial charge in [-0.3, -0.25) is 0 Å². The lowest BCUT2D eigenvalue weighted by atomic mass is 9.92. The van der Waals surface area contributed by atoms with E-state index >= 15 is 0 Å². The Morgan fingerprint density at radius 2 is 1.79 bits per heavy atom. The van der Waals surface area contributed by atoms with Crippen LogP contribution in [-0.2, 0) is 9.53 Å². The van der Waals surface area contributed by atoms with Crippen LogP contribution in [0.4, 0.5) is 0 Å². The minimum absolute atomic E-state index is 0.0920. The molecule has 0 aliphatic heterocycles. The molecule has 6 N–H and O–H groups in total. The number of hydrogen-bond donors (Lipinski definition) is 6. The highest BCUT2D eigenvalue weighted by Gasteiger charge is 2.37. The number of carbonyl (C=O) groups is 2. The zero-order valence-corrected chi connectivity index (χ0v) is 12.5.